The van der Waals surface area contributed by atoms with Crippen LogP contribution < -0.4 is 9.47 Å². The van der Waals surface area contributed by atoms with E-state index in [-0.39, 0.29) is 5.70 Å². The van der Waals surface area contributed by atoms with Crippen LogP contribution in [0.5, 0.6) is 11.5 Å². The van der Waals surface area contributed by atoms with Crippen molar-refractivity contribution >= 4 is 11.8 Å². The maximum atomic E-state index is 13.6. The lowest BCUT2D eigenvalue weighted by molar-refractivity contribution is -0.275. The van der Waals surface area contributed by atoms with Crippen LogP contribution >= 0.6 is 0 Å². The van der Waals surface area contributed by atoms with Gasteiger partial charge >= 0.3 is 12.7 Å². The highest BCUT2D eigenvalue weighted by atomic mass is 19.4. The third kappa shape index (κ3) is 3.73. The molecule has 2 aromatic carbocycles. The Morgan fingerprint density at radius 2 is 1.31 bits per heavy atom. The number of nitrogens with zero attached hydrogens (tertiary/aromatic N) is 1. The molecule has 190 valence electrons. The van der Waals surface area contributed by atoms with E-state index in [0.717, 1.165) is 29.2 Å². The molecule has 5 nitrogen and oxygen atoms in total. The molecule has 2 fully saturated rings. The number of allylic oxidation sites excluding steroid dienone is 2. The SMILES string of the molecule is C=C/C(=C\C)N1C(=O)[C@@H]2C(c3ccc(OC(F)(F)F)cc3)(c3ccc(OC(F)(F)F)cc3)[C@]2(C)C1=O. The van der Waals surface area contributed by atoms with Crippen molar-refractivity contribution in [2.45, 2.75) is 32.0 Å². The van der Waals surface area contributed by atoms with Crippen molar-refractivity contribution in [3.8, 4) is 11.5 Å². The van der Waals surface area contributed by atoms with Crippen molar-refractivity contribution in [1.29, 1.82) is 0 Å². The third-order valence-corrected chi connectivity index (χ3v) is 6.71. The highest BCUT2D eigenvalue weighted by molar-refractivity contribution is 6.17. The Hall–Kier alpha value is -3.76. The number of imide groups is 1. The van der Waals surface area contributed by atoms with Gasteiger partial charge in [0.1, 0.15) is 11.5 Å². The Morgan fingerprint density at radius 3 is 1.58 bits per heavy atom. The first kappa shape index (κ1) is 25.3. The smallest absolute Gasteiger partial charge is 0.406 e. The van der Waals surface area contributed by atoms with Gasteiger partial charge in [-0.2, -0.15) is 0 Å². The molecule has 11 heteroatoms. The molecule has 2 aromatic rings. The predicted molar refractivity (Wildman–Crippen MR) is 114 cm³/mol. The van der Waals surface area contributed by atoms with Crippen molar-refractivity contribution in [3.63, 3.8) is 0 Å². The topological polar surface area (TPSA) is 55.8 Å². The number of ether oxygens (including phenoxy) is 2. The van der Waals surface area contributed by atoms with Crippen LogP contribution in [-0.4, -0.2) is 29.4 Å². The molecule has 2 aliphatic rings. The summed E-state index contributed by atoms with van der Waals surface area (Å²) in [7, 11) is 0. The van der Waals surface area contributed by atoms with E-state index in [1.54, 1.807) is 13.8 Å². The molecular weight excluding hydrogens is 492 g/mol. The minimum Gasteiger partial charge on any atom is -0.406 e. The summed E-state index contributed by atoms with van der Waals surface area (Å²) >= 11 is 0. The van der Waals surface area contributed by atoms with Gasteiger partial charge in [-0.05, 0) is 55.3 Å². The van der Waals surface area contributed by atoms with Gasteiger partial charge in [0, 0.05) is 11.1 Å². The number of amides is 2. The standard InChI is InChI=1S/C25H19F6NO4/c1-4-16(5-2)32-20(33)19-22(3,21(32)34)23(19,14-6-10-17(11-7-14)35-24(26,27)28)15-8-12-18(13-9-15)36-25(29,30)31/h4-13,19H,1H2,2-3H3/b16-5+/t19-,22-/m0/s1. The van der Waals surface area contributed by atoms with E-state index in [0.29, 0.717) is 11.1 Å². The van der Waals surface area contributed by atoms with Gasteiger partial charge in [-0.3, -0.25) is 14.5 Å². The summed E-state index contributed by atoms with van der Waals surface area (Å²) in [6.07, 6.45) is -6.96. The minimum absolute atomic E-state index is 0.273. The van der Waals surface area contributed by atoms with Crippen LogP contribution in [0, 0.1) is 11.3 Å². The van der Waals surface area contributed by atoms with Crippen molar-refractivity contribution in [3.05, 3.63) is 84.1 Å². The number of rotatable bonds is 6. The Kier molecular flexibility index (Phi) is 5.73. The van der Waals surface area contributed by atoms with E-state index in [1.807, 2.05) is 0 Å². The molecule has 1 heterocycles. The molecule has 0 spiro atoms. The van der Waals surface area contributed by atoms with Gasteiger partial charge in [0.15, 0.2) is 0 Å². The van der Waals surface area contributed by atoms with E-state index in [4.69, 9.17) is 0 Å². The molecule has 1 saturated heterocycles. The lowest BCUT2D eigenvalue weighted by Gasteiger charge is -2.30. The molecule has 1 aliphatic carbocycles. The van der Waals surface area contributed by atoms with Crippen molar-refractivity contribution < 1.29 is 45.4 Å². The highest BCUT2D eigenvalue weighted by Crippen LogP contribution is 2.77. The van der Waals surface area contributed by atoms with Gasteiger partial charge in [0.2, 0.25) is 11.8 Å². The predicted octanol–water partition coefficient (Wildman–Crippen LogP) is 5.86. The Bertz CT molecular complexity index is 1190. The van der Waals surface area contributed by atoms with Crippen molar-refractivity contribution in [2.24, 2.45) is 11.3 Å². The number of carbonyl (C=O) groups is 2. The fourth-order valence-electron chi connectivity index (χ4n) is 5.33. The number of likely N-dealkylation sites (tertiary alicyclic amines) is 1. The lowest BCUT2D eigenvalue weighted by atomic mass is 9.79. The molecule has 2 atom stereocenters. The van der Waals surface area contributed by atoms with Crippen LogP contribution in [0.25, 0.3) is 0 Å². The second-order valence-electron chi connectivity index (χ2n) is 8.48. The molecule has 4 rings (SSSR count). The number of hydrogen-bond donors (Lipinski definition) is 0. The number of fused-ring (bicyclic) bond motifs is 1. The summed E-state index contributed by atoms with van der Waals surface area (Å²) in [5.41, 5.74) is -1.77. The quantitative estimate of drug-likeness (QED) is 0.277. The summed E-state index contributed by atoms with van der Waals surface area (Å²) in [4.78, 5) is 28.0. The average Bonchev–Trinajstić information content (AvgIpc) is 3.30. The first-order chi connectivity index (χ1) is 16.7. The van der Waals surface area contributed by atoms with Crippen LogP contribution in [0.4, 0.5) is 26.3 Å². The maximum absolute atomic E-state index is 13.6. The first-order valence-corrected chi connectivity index (χ1v) is 10.6. The molecular formula is C25H19F6NO4. The number of carbonyl (C=O) groups excluding carboxylic acids is 2. The fourth-order valence-corrected chi connectivity index (χ4v) is 5.33. The Balaban J connectivity index is 1.82. The highest BCUT2D eigenvalue weighted by Gasteiger charge is 2.86. The zero-order chi connectivity index (χ0) is 26.7. The lowest BCUT2D eigenvalue weighted by Crippen LogP contribution is -2.41. The van der Waals surface area contributed by atoms with Gasteiger partial charge in [0.25, 0.3) is 0 Å². The van der Waals surface area contributed by atoms with Gasteiger partial charge in [-0.25, -0.2) is 0 Å². The van der Waals surface area contributed by atoms with E-state index in [2.05, 4.69) is 16.1 Å². The maximum Gasteiger partial charge on any atom is 0.573 e. The van der Waals surface area contributed by atoms with Crippen molar-refractivity contribution in [2.75, 3.05) is 0 Å². The third-order valence-electron chi connectivity index (χ3n) is 6.71. The van der Waals surface area contributed by atoms with E-state index in [9.17, 15) is 35.9 Å². The van der Waals surface area contributed by atoms with Crippen LogP contribution in [0.2, 0.25) is 0 Å². The average molecular weight is 511 g/mol. The van der Waals surface area contributed by atoms with Gasteiger partial charge in [0.05, 0.1) is 11.3 Å². The van der Waals surface area contributed by atoms with E-state index < -0.39 is 52.8 Å². The van der Waals surface area contributed by atoms with Gasteiger partial charge in [-0.15, -0.1) is 26.3 Å². The second-order valence-corrected chi connectivity index (χ2v) is 8.48. The van der Waals surface area contributed by atoms with Gasteiger partial charge in [-0.1, -0.05) is 36.9 Å². The van der Waals surface area contributed by atoms with Crippen LogP contribution in [0.1, 0.15) is 25.0 Å². The zero-order valence-corrected chi connectivity index (χ0v) is 18.9. The molecule has 0 radical (unpaired) electrons. The monoisotopic (exact) mass is 511 g/mol. The number of halogens is 6. The number of benzene rings is 2. The minimum atomic E-state index is -4.92. The molecule has 0 aromatic heterocycles. The summed E-state index contributed by atoms with van der Waals surface area (Å²) in [6, 6.07) is 9.43. The Labute approximate surface area is 201 Å². The summed E-state index contributed by atoms with van der Waals surface area (Å²) in [6.45, 7) is 6.78. The molecule has 0 bridgehead atoms. The second kappa shape index (κ2) is 8.14. The van der Waals surface area contributed by atoms with Crippen LogP contribution in [0.3, 0.4) is 0 Å². The fraction of sp³-hybridized carbons (Fsp3) is 0.280. The molecule has 2 amide bonds. The van der Waals surface area contributed by atoms with E-state index in [1.165, 1.54) is 36.4 Å². The van der Waals surface area contributed by atoms with Gasteiger partial charge < -0.3 is 9.47 Å². The molecule has 1 saturated carbocycles. The van der Waals surface area contributed by atoms with Crippen molar-refractivity contribution in [1.82, 2.24) is 4.90 Å². The van der Waals surface area contributed by atoms with Crippen LogP contribution in [0.15, 0.2) is 73.0 Å². The molecule has 36 heavy (non-hydrogen) atoms. The summed E-state index contributed by atoms with van der Waals surface area (Å²) in [5.74, 6) is -3.09. The number of piperidine rings is 1. The van der Waals surface area contributed by atoms with E-state index >= 15 is 0 Å². The molecule has 1 aliphatic heterocycles. The normalized spacial score (nSPS) is 23.4. The number of hydrogen-bond acceptors (Lipinski definition) is 4. The number of alkyl halides is 6. The first-order valence-electron chi connectivity index (χ1n) is 10.6. The summed E-state index contributed by atoms with van der Waals surface area (Å²) in [5, 5.41) is 0. The largest absolute Gasteiger partial charge is 0.573 e. The van der Waals surface area contributed by atoms with Crippen LogP contribution in [-0.2, 0) is 15.0 Å². The summed E-state index contributed by atoms with van der Waals surface area (Å²) < 4.78 is 83.6. The Morgan fingerprint density at radius 1 is 0.889 bits per heavy atom. The molecule has 0 unspecified atom stereocenters. The molecule has 0 N–H and O–H groups in total. The zero-order valence-electron chi connectivity index (χ0n) is 18.9.